The van der Waals surface area contributed by atoms with E-state index in [0.717, 1.165) is 6.20 Å². The standard InChI is InChI=1S/C14H7Cl2F3N2O2/c15-8-2-6(1-7-3-11(22)21-13(7)8)12-9(16)4-20-5-10(12)23-14(17,18)19/h1-2,4-5H,3H2,(H,21,22). The second-order valence-corrected chi connectivity index (χ2v) is 5.57. The number of halogens is 5. The average molecular weight is 363 g/mol. The number of rotatable bonds is 2. The molecule has 0 saturated carbocycles. The fourth-order valence-corrected chi connectivity index (χ4v) is 2.89. The van der Waals surface area contributed by atoms with Crippen molar-refractivity contribution in [2.75, 3.05) is 5.32 Å². The Kier molecular flexibility index (Phi) is 3.85. The number of nitrogens with zero attached hydrogens (tertiary/aromatic N) is 1. The summed E-state index contributed by atoms with van der Waals surface area (Å²) in [7, 11) is 0. The summed E-state index contributed by atoms with van der Waals surface area (Å²) in [6, 6.07) is 2.96. The number of ether oxygens (including phenoxy) is 1. The van der Waals surface area contributed by atoms with Crippen LogP contribution in [0.3, 0.4) is 0 Å². The molecule has 0 saturated heterocycles. The molecule has 1 aromatic heterocycles. The van der Waals surface area contributed by atoms with Crippen molar-refractivity contribution in [2.45, 2.75) is 12.8 Å². The van der Waals surface area contributed by atoms with Gasteiger partial charge in [0.25, 0.3) is 0 Å². The Morgan fingerprint density at radius 3 is 2.61 bits per heavy atom. The SMILES string of the molecule is O=C1Cc2cc(-c3c(Cl)cncc3OC(F)(F)F)cc(Cl)c2N1. The van der Waals surface area contributed by atoms with Crippen LogP contribution >= 0.6 is 23.2 Å². The topological polar surface area (TPSA) is 51.2 Å². The molecule has 0 fully saturated rings. The van der Waals surface area contributed by atoms with E-state index in [-0.39, 0.29) is 27.9 Å². The number of carbonyl (C=O) groups excluding carboxylic acids is 1. The summed E-state index contributed by atoms with van der Waals surface area (Å²) in [5.74, 6) is -0.787. The van der Waals surface area contributed by atoms with Gasteiger partial charge in [-0.3, -0.25) is 9.78 Å². The highest BCUT2D eigenvalue weighted by molar-refractivity contribution is 6.36. The number of amides is 1. The Morgan fingerprint density at radius 1 is 1.17 bits per heavy atom. The molecule has 2 heterocycles. The Morgan fingerprint density at radius 2 is 1.91 bits per heavy atom. The maximum absolute atomic E-state index is 12.5. The summed E-state index contributed by atoms with van der Waals surface area (Å²) in [6.45, 7) is 0. The Balaban J connectivity index is 2.15. The molecule has 4 nitrogen and oxygen atoms in total. The van der Waals surface area contributed by atoms with Gasteiger partial charge in [-0.2, -0.15) is 0 Å². The highest BCUT2D eigenvalue weighted by Gasteiger charge is 2.33. The Bertz CT molecular complexity index is 809. The molecule has 1 N–H and O–H groups in total. The van der Waals surface area contributed by atoms with Crippen LogP contribution in [0.4, 0.5) is 18.9 Å². The minimum atomic E-state index is -4.89. The summed E-state index contributed by atoms with van der Waals surface area (Å²) in [5.41, 5.74) is 1.33. The molecule has 0 aliphatic carbocycles. The van der Waals surface area contributed by atoms with E-state index in [1.54, 1.807) is 6.07 Å². The second-order valence-electron chi connectivity index (χ2n) is 4.76. The van der Waals surface area contributed by atoms with E-state index in [4.69, 9.17) is 23.2 Å². The lowest BCUT2D eigenvalue weighted by atomic mass is 10.0. The van der Waals surface area contributed by atoms with Crippen molar-refractivity contribution in [3.05, 3.63) is 40.1 Å². The van der Waals surface area contributed by atoms with E-state index in [9.17, 15) is 18.0 Å². The minimum Gasteiger partial charge on any atom is -0.403 e. The first kappa shape index (κ1) is 15.9. The molecule has 9 heteroatoms. The van der Waals surface area contributed by atoms with Crippen LogP contribution in [-0.2, 0) is 11.2 Å². The first-order chi connectivity index (χ1) is 10.7. The van der Waals surface area contributed by atoms with Gasteiger partial charge in [-0.25, -0.2) is 0 Å². The van der Waals surface area contributed by atoms with Crippen LogP contribution in [0.1, 0.15) is 5.56 Å². The fourth-order valence-electron chi connectivity index (χ4n) is 2.34. The number of anilines is 1. The number of nitrogens with one attached hydrogen (secondary N) is 1. The number of benzene rings is 1. The first-order valence-electron chi connectivity index (χ1n) is 6.26. The zero-order valence-corrected chi connectivity index (χ0v) is 12.7. The van der Waals surface area contributed by atoms with E-state index >= 15 is 0 Å². The van der Waals surface area contributed by atoms with E-state index in [1.807, 2.05) is 0 Å². The van der Waals surface area contributed by atoms with Crippen LogP contribution < -0.4 is 10.1 Å². The molecule has 3 rings (SSSR count). The van der Waals surface area contributed by atoms with Crippen molar-refractivity contribution in [1.29, 1.82) is 0 Å². The molecule has 120 valence electrons. The van der Waals surface area contributed by atoms with Crippen LogP contribution in [-0.4, -0.2) is 17.3 Å². The molecular formula is C14H7Cl2F3N2O2. The van der Waals surface area contributed by atoms with Gasteiger partial charge in [0, 0.05) is 11.8 Å². The lowest BCUT2D eigenvalue weighted by Crippen LogP contribution is -2.17. The summed E-state index contributed by atoms with van der Waals surface area (Å²) >= 11 is 12.1. The summed E-state index contributed by atoms with van der Waals surface area (Å²) in [6.07, 6.45) is -2.69. The van der Waals surface area contributed by atoms with Gasteiger partial charge < -0.3 is 10.1 Å². The zero-order valence-electron chi connectivity index (χ0n) is 11.2. The van der Waals surface area contributed by atoms with E-state index in [0.29, 0.717) is 16.8 Å². The van der Waals surface area contributed by atoms with E-state index in [2.05, 4.69) is 15.0 Å². The van der Waals surface area contributed by atoms with Crippen LogP contribution in [0.2, 0.25) is 10.0 Å². The molecule has 0 radical (unpaired) electrons. The monoisotopic (exact) mass is 362 g/mol. The molecule has 0 atom stereocenters. The predicted octanol–water partition coefficient (Wildman–Crippen LogP) is 4.45. The second kappa shape index (κ2) is 5.58. The van der Waals surface area contributed by atoms with Gasteiger partial charge in [-0.05, 0) is 23.3 Å². The van der Waals surface area contributed by atoms with Crippen LogP contribution in [0, 0.1) is 0 Å². The van der Waals surface area contributed by atoms with Gasteiger partial charge in [0.1, 0.15) is 0 Å². The Hall–Kier alpha value is -1.99. The highest BCUT2D eigenvalue weighted by atomic mass is 35.5. The van der Waals surface area contributed by atoms with Gasteiger partial charge >= 0.3 is 6.36 Å². The van der Waals surface area contributed by atoms with Gasteiger partial charge in [0.2, 0.25) is 5.91 Å². The summed E-state index contributed by atoms with van der Waals surface area (Å²) < 4.78 is 41.6. The molecule has 1 aliphatic rings. The van der Waals surface area contributed by atoms with Crippen molar-refractivity contribution in [2.24, 2.45) is 0 Å². The Labute approximate surface area is 138 Å². The minimum absolute atomic E-state index is 0.00282. The maximum Gasteiger partial charge on any atom is 0.573 e. The number of pyridine rings is 1. The van der Waals surface area contributed by atoms with Crippen molar-refractivity contribution in [1.82, 2.24) is 4.98 Å². The lowest BCUT2D eigenvalue weighted by molar-refractivity contribution is -0.274. The third kappa shape index (κ3) is 3.20. The van der Waals surface area contributed by atoms with Gasteiger partial charge in [0.05, 0.1) is 28.4 Å². The number of fused-ring (bicyclic) bond motifs is 1. The van der Waals surface area contributed by atoms with Crippen LogP contribution in [0.5, 0.6) is 5.75 Å². The highest BCUT2D eigenvalue weighted by Crippen LogP contribution is 2.42. The predicted molar refractivity (Wildman–Crippen MR) is 78.7 cm³/mol. The largest absolute Gasteiger partial charge is 0.573 e. The number of alkyl halides is 3. The maximum atomic E-state index is 12.5. The van der Waals surface area contributed by atoms with E-state index in [1.165, 1.54) is 12.3 Å². The zero-order chi connectivity index (χ0) is 16.8. The summed E-state index contributed by atoms with van der Waals surface area (Å²) in [5, 5.41) is 2.76. The molecule has 1 amide bonds. The number of hydrogen-bond acceptors (Lipinski definition) is 3. The van der Waals surface area contributed by atoms with Crippen molar-refractivity contribution < 1.29 is 22.7 Å². The smallest absolute Gasteiger partial charge is 0.403 e. The van der Waals surface area contributed by atoms with Crippen LogP contribution in [0.15, 0.2) is 24.5 Å². The first-order valence-corrected chi connectivity index (χ1v) is 7.02. The molecule has 1 aliphatic heterocycles. The molecular weight excluding hydrogens is 356 g/mol. The van der Waals surface area contributed by atoms with Crippen molar-refractivity contribution in [3.8, 4) is 16.9 Å². The third-order valence-corrected chi connectivity index (χ3v) is 3.75. The van der Waals surface area contributed by atoms with E-state index < -0.39 is 12.1 Å². The molecule has 1 aromatic carbocycles. The van der Waals surface area contributed by atoms with Gasteiger partial charge in [0.15, 0.2) is 5.75 Å². The summed E-state index contributed by atoms with van der Waals surface area (Å²) in [4.78, 5) is 15.0. The molecule has 0 unspecified atom stereocenters. The molecule has 0 spiro atoms. The van der Waals surface area contributed by atoms with Crippen LogP contribution in [0.25, 0.3) is 11.1 Å². The number of aromatic nitrogens is 1. The molecule has 0 bridgehead atoms. The van der Waals surface area contributed by atoms with Crippen molar-refractivity contribution in [3.63, 3.8) is 0 Å². The van der Waals surface area contributed by atoms with Crippen molar-refractivity contribution >= 4 is 34.8 Å². The number of hydrogen-bond donors (Lipinski definition) is 1. The quantitative estimate of drug-likeness (QED) is 0.858. The molecule has 2 aromatic rings. The normalized spacial score (nSPS) is 13.7. The van der Waals surface area contributed by atoms with Gasteiger partial charge in [-0.15, -0.1) is 13.2 Å². The van der Waals surface area contributed by atoms with Gasteiger partial charge in [-0.1, -0.05) is 23.2 Å². The average Bonchev–Trinajstić information content (AvgIpc) is 2.78. The molecule has 23 heavy (non-hydrogen) atoms. The fraction of sp³-hybridized carbons (Fsp3) is 0.143. The lowest BCUT2D eigenvalue weighted by Gasteiger charge is -2.15. The third-order valence-electron chi connectivity index (χ3n) is 3.17. The number of carbonyl (C=O) groups is 1.